The second-order valence-electron chi connectivity index (χ2n) is 17.6. The summed E-state index contributed by atoms with van der Waals surface area (Å²) in [6.07, 6.45) is 0. The fraction of sp³-hybridized carbons (Fsp3) is 0.500. The van der Waals surface area contributed by atoms with Crippen LogP contribution < -0.4 is 22.9 Å². The van der Waals surface area contributed by atoms with E-state index in [-0.39, 0.29) is 0 Å². The zero-order valence-electron chi connectivity index (χ0n) is 36.8. The van der Waals surface area contributed by atoms with Gasteiger partial charge in [-0.2, -0.15) is 8.42 Å². The quantitative estimate of drug-likeness (QED) is 0.118. The van der Waals surface area contributed by atoms with Crippen molar-refractivity contribution in [2.75, 3.05) is 22.9 Å². The molecule has 0 bridgehead atoms. The van der Waals surface area contributed by atoms with Crippen molar-refractivity contribution in [2.24, 2.45) is 0 Å². The zero-order chi connectivity index (χ0) is 42.2. The lowest BCUT2D eigenvalue weighted by Crippen LogP contribution is -2.06. The Kier molecular flexibility index (Phi) is 17.3. The molecular weight excluding hydrogens is 697 g/mol. The van der Waals surface area contributed by atoms with Crippen LogP contribution in [0.1, 0.15) is 203 Å². The third kappa shape index (κ3) is 11.5. The van der Waals surface area contributed by atoms with Gasteiger partial charge in [-0.05, 0) is 163 Å². The molecule has 6 nitrogen and oxygen atoms in total. The van der Waals surface area contributed by atoms with Crippen molar-refractivity contribution < 1.29 is 8.42 Å². The second kappa shape index (κ2) is 20.2. The molecule has 0 aliphatic rings. The van der Waals surface area contributed by atoms with Crippen LogP contribution in [0.3, 0.4) is 0 Å². The molecule has 0 fully saturated rings. The van der Waals surface area contributed by atoms with Crippen LogP contribution in [-0.2, 0) is 11.6 Å². The van der Waals surface area contributed by atoms with E-state index in [9.17, 15) is 0 Å². The van der Waals surface area contributed by atoms with Crippen molar-refractivity contribution in [1.82, 2.24) is 0 Å². The van der Waals surface area contributed by atoms with E-state index >= 15 is 0 Å². The van der Waals surface area contributed by atoms with Crippen molar-refractivity contribution >= 4 is 34.3 Å². The van der Waals surface area contributed by atoms with Crippen LogP contribution in [0.25, 0.3) is 22.3 Å². The third-order valence-corrected chi connectivity index (χ3v) is 10.6. The molecule has 302 valence electrons. The number of anilines is 4. The minimum Gasteiger partial charge on any atom is -0.398 e. The predicted molar refractivity (Wildman–Crippen MR) is 243 cm³/mol. The number of nitrogens with two attached hydrogens (primary N) is 4. The lowest BCUT2D eigenvalue weighted by molar-refractivity contribution is 0.630. The standard InChI is InChI=1S/2C24H36N2.O2S/c2*1-13(2)19-9-17(10-20(14(3)4)23(19)25)18-11-21(15(5)6)24(26)22(12-18)16(7)8;1-3-2/h2*9-16H,25-26H2,1-8H3;. The summed E-state index contributed by atoms with van der Waals surface area (Å²) >= 11 is -0.750. The number of hydrogen-bond donors (Lipinski definition) is 4. The Morgan fingerprint density at radius 2 is 0.382 bits per heavy atom. The Balaban J connectivity index is 0.000000355. The first-order valence-corrected chi connectivity index (χ1v) is 20.8. The molecule has 0 heterocycles. The first-order chi connectivity index (χ1) is 25.5. The fourth-order valence-electron chi connectivity index (χ4n) is 7.28. The highest BCUT2D eigenvalue weighted by Gasteiger charge is 2.20. The summed E-state index contributed by atoms with van der Waals surface area (Å²) in [5.74, 6) is 3.19. The van der Waals surface area contributed by atoms with Crippen molar-refractivity contribution in [3.8, 4) is 22.3 Å². The minimum absolute atomic E-state index is 0.398. The number of hydrogen-bond acceptors (Lipinski definition) is 6. The summed E-state index contributed by atoms with van der Waals surface area (Å²) in [4.78, 5) is 0. The molecule has 0 aliphatic carbocycles. The van der Waals surface area contributed by atoms with Crippen LogP contribution >= 0.6 is 0 Å². The predicted octanol–water partition coefficient (Wildman–Crippen LogP) is 13.4. The van der Waals surface area contributed by atoms with E-state index in [1.54, 1.807) is 0 Å². The molecular formula is C48H72N4O2S. The van der Waals surface area contributed by atoms with Gasteiger partial charge in [-0.3, -0.25) is 0 Å². The molecule has 0 radical (unpaired) electrons. The largest absolute Gasteiger partial charge is 0.398 e. The number of rotatable bonds is 10. The van der Waals surface area contributed by atoms with E-state index < -0.39 is 11.6 Å². The Morgan fingerprint density at radius 3 is 0.455 bits per heavy atom. The van der Waals surface area contributed by atoms with Crippen LogP contribution in [0.4, 0.5) is 22.7 Å². The molecule has 55 heavy (non-hydrogen) atoms. The monoisotopic (exact) mass is 769 g/mol. The molecule has 0 spiro atoms. The van der Waals surface area contributed by atoms with Crippen molar-refractivity contribution in [1.29, 1.82) is 0 Å². The minimum atomic E-state index is -0.750. The topological polar surface area (TPSA) is 138 Å². The first kappa shape index (κ1) is 47.1. The summed E-state index contributed by atoms with van der Waals surface area (Å²) < 4.78 is 16.6. The van der Waals surface area contributed by atoms with E-state index in [2.05, 4.69) is 159 Å². The van der Waals surface area contributed by atoms with Gasteiger partial charge in [0.1, 0.15) is 0 Å². The zero-order valence-corrected chi connectivity index (χ0v) is 37.6. The maximum atomic E-state index is 8.29. The molecule has 0 aromatic heterocycles. The molecule has 0 saturated heterocycles. The molecule has 0 saturated carbocycles. The molecule has 0 aliphatic heterocycles. The van der Waals surface area contributed by atoms with Crippen LogP contribution in [0, 0.1) is 0 Å². The molecule has 0 atom stereocenters. The van der Waals surface area contributed by atoms with Crippen molar-refractivity contribution in [3.05, 3.63) is 93.0 Å². The Labute approximate surface area is 337 Å². The first-order valence-electron chi connectivity index (χ1n) is 20.2. The molecule has 7 heteroatoms. The SMILES string of the molecule is CC(C)c1cc(-c2cc(C(C)C)c(N)c(C(C)C)c2)cc(C(C)C)c1N.CC(C)c1cc(-c2cc(C(C)C)c(N)c(C(C)C)c2)cc(C(C)C)c1N.O=S=O. The fourth-order valence-corrected chi connectivity index (χ4v) is 7.28. The molecule has 0 amide bonds. The normalized spacial score (nSPS) is 11.6. The van der Waals surface area contributed by atoms with Gasteiger partial charge >= 0.3 is 11.6 Å². The average Bonchev–Trinajstić information content (AvgIpc) is 3.08. The van der Waals surface area contributed by atoms with Crippen molar-refractivity contribution in [3.63, 3.8) is 0 Å². The summed E-state index contributed by atoms with van der Waals surface area (Å²) in [6.45, 7) is 35.4. The highest BCUT2D eigenvalue weighted by atomic mass is 32.1. The average molecular weight is 769 g/mol. The summed E-state index contributed by atoms with van der Waals surface area (Å²) in [7, 11) is 0. The van der Waals surface area contributed by atoms with Gasteiger partial charge < -0.3 is 22.9 Å². The van der Waals surface area contributed by atoms with Gasteiger partial charge in [0.15, 0.2) is 0 Å². The number of benzene rings is 4. The van der Waals surface area contributed by atoms with E-state index in [0.29, 0.717) is 47.3 Å². The lowest BCUT2D eigenvalue weighted by atomic mass is 9.85. The van der Waals surface area contributed by atoms with Crippen LogP contribution in [0.2, 0.25) is 0 Å². The summed E-state index contributed by atoms with van der Waals surface area (Å²) in [5.41, 5.74) is 44.6. The van der Waals surface area contributed by atoms with Gasteiger partial charge in [-0.25, -0.2) is 0 Å². The Bertz CT molecular complexity index is 1560. The van der Waals surface area contributed by atoms with Gasteiger partial charge in [-0.1, -0.05) is 111 Å². The molecule has 4 rings (SSSR count). The van der Waals surface area contributed by atoms with Gasteiger partial charge in [0, 0.05) is 22.7 Å². The van der Waals surface area contributed by atoms with E-state index in [4.69, 9.17) is 31.4 Å². The molecule has 4 aromatic carbocycles. The van der Waals surface area contributed by atoms with Gasteiger partial charge in [0.05, 0.1) is 0 Å². The van der Waals surface area contributed by atoms with Crippen LogP contribution in [0.15, 0.2) is 48.5 Å². The maximum Gasteiger partial charge on any atom is 0.335 e. The van der Waals surface area contributed by atoms with Crippen LogP contribution in [-0.4, -0.2) is 8.42 Å². The summed E-state index contributed by atoms with van der Waals surface area (Å²) in [6, 6.07) is 18.2. The molecule has 8 N–H and O–H groups in total. The molecule has 0 unspecified atom stereocenters. The summed E-state index contributed by atoms with van der Waals surface area (Å²) in [5, 5.41) is 0. The third-order valence-electron chi connectivity index (χ3n) is 10.6. The molecule has 4 aromatic rings. The van der Waals surface area contributed by atoms with Crippen molar-refractivity contribution in [2.45, 2.75) is 158 Å². The van der Waals surface area contributed by atoms with Crippen LogP contribution in [0.5, 0.6) is 0 Å². The number of nitrogen functional groups attached to an aromatic ring is 4. The Morgan fingerprint density at radius 1 is 0.291 bits per heavy atom. The highest BCUT2D eigenvalue weighted by Crippen LogP contribution is 2.41. The van der Waals surface area contributed by atoms with Gasteiger partial charge in [0.2, 0.25) is 0 Å². The van der Waals surface area contributed by atoms with Gasteiger partial charge in [-0.15, -0.1) is 0 Å². The lowest BCUT2D eigenvalue weighted by Gasteiger charge is -2.22. The second-order valence-corrected chi connectivity index (χ2v) is 17.7. The van der Waals surface area contributed by atoms with E-state index in [1.807, 2.05) is 0 Å². The van der Waals surface area contributed by atoms with Gasteiger partial charge in [0.25, 0.3) is 0 Å². The van der Waals surface area contributed by atoms with E-state index in [1.165, 1.54) is 66.8 Å². The highest BCUT2D eigenvalue weighted by molar-refractivity contribution is 7.51. The Hall–Kier alpha value is -4.10. The smallest absolute Gasteiger partial charge is 0.335 e. The van der Waals surface area contributed by atoms with E-state index in [0.717, 1.165) is 22.7 Å². The maximum absolute atomic E-state index is 8.29.